The molecule has 2 nitrogen and oxygen atoms in total. The fourth-order valence-corrected chi connectivity index (χ4v) is 5.05. The fraction of sp³-hybridized carbons (Fsp3) is 0.100. The summed E-state index contributed by atoms with van der Waals surface area (Å²) in [6.07, 6.45) is 3.78. The molecule has 118 valence electrons. The first-order valence-electron chi connectivity index (χ1n) is 7.76. The van der Waals surface area contributed by atoms with E-state index in [1.165, 1.54) is 31.7 Å². The number of benzene rings is 2. The number of pyridine rings is 2. The van der Waals surface area contributed by atoms with Crippen molar-refractivity contribution < 1.29 is 0 Å². The summed E-state index contributed by atoms with van der Waals surface area (Å²) in [4.78, 5) is 11.4. The van der Waals surface area contributed by atoms with Gasteiger partial charge in [-0.05, 0) is 49.2 Å². The summed E-state index contributed by atoms with van der Waals surface area (Å²) in [5.74, 6) is 0. The molecule has 0 amide bonds. The zero-order valence-electron chi connectivity index (χ0n) is 13.5. The van der Waals surface area contributed by atoms with Gasteiger partial charge in [0.15, 0.2) is 0 Å². The lowest BCUT2D eigenvalue weighted by Crippen LogP contribution is -1.84. The highest BCUT2D eigenvalue weighted by molar-refractivity contribution is 8.76. The molecule has 2 aromatic carbocycles. The minimum absolute atomic E-state index is 1.05. The molecule has 0 aliphatic carbocycles. The zero-order valence-corrected chi connectivity index (χ0v) is 15.1. The minimum Gasteiger partial charge on any atom is -0.256 e. The van der Waals surface area contributed by atoms with Gasteiger partial charge >= 0.3 is 0 Å². The van der Waals surface area contributed by atoms with Gasteiger partial charge in [0.05, 0.1) is 11.0 Å². The number of hydrogen-bond donors (Lipinski definition) is 0. The lowest BCUT2D eigenvalue weighted by molar-refractivity contribution is 1.34. The second-order valence-electron chi connectivity index (χ2n) is 5.83. The Bertz CT molecular complexity index is 959. The smallest absolute Gasteiger partial charge is 0.0716 e. The van der Waals surface area contributed by atoms with Crippen molar-refractivity contribution in [2.75, 3.05) is 0 Å². The Balaban J connectivity index is 1.68. The van der Waals surface area contributed by atoms with Gasteiger partial charge in [0, 0.05) is 33.0 Å². The van der Waals surface area contributed by atoms with Crippen LogP contribution in [0.1, 0.15) is 11.1 Å². The van der Waals surface area contributed by atoms with Gasteiger partial charge in [-0.25, -0.2) is 0 Å². The van der Waals surface area contributed by atoms with Crippen LogP contribution in [0.3, 0.4) is 0 Å². The summed E-state index contributed by atoms with van der Waals surface area (Å²) in [5.41, 5.74) is 4.58. The van der Waals surface area contributed by atoms with E-state index >= 15 is 0 Å². The van der Waals surface area contributed by atoms with Gasteiger partial charge < -0.3 is 0 Å². The van der Waals surface area contributed by atoms with Crippen molar-refractivity contribution in [2.24, 2.45) is 0 Å². The van der Waals surface area contributed by atoms with Gasteiger partial charge in [-0.3, -0.25) is 9.97 Å². The lowest BCUT2D eigenvalue weighted by Gasteiger charge is -2.08. The van der Waals surface area contributed by atoms with Crippen LogP contribution in [0.4, 0.5) is 0 Å². The first-order valence-corrected chi connectivity index (χ1v) is 9.91. The van der Waals surface area contributed by atoms with E-state index in [0.29, 0.717) is 0 Å². The normalized spacial score (nSPS) is 11.2. The van der Waals surface area contributed by atoms with E-state index in [9.17, 15) is 0 Å². The molecule has 0 spiro atoms. The predicted molar refractivity (Wildman–Crippen MR) is 105 cm³/mol. The van der Waals surface area contributed by atoms with Gasteiger partial charge in [0.25, 0.3) is 0 Å². The molecule has 0 fully saturated rings. The highest BCUT2D eigenvalue weighted by Crippen LogP contribution is 2.42. The van der Waals surface area contributed by atoms with Crippen molar-refractivity contribution in [2.45, 2.75) is 23.6 Å². The largest absolute Gasteiger partial charge is 0.256 e. The summed E-state index contributed by atoms with van der Waals surface area (Å²) >= 11 is 0. The lowest BCUT2D eigenvalue weighted by atomic mass is 10.1. The minimum atomic E-state index is 1.05. The molecule has 0 aliphatic heterocycles. The van der Waals surface area contributed by atoms with E-state index in [0.717, 1.165) is 11.0 Å². The van der Waals surface area contributed by atoms with Crippen molar-refractivity contribution in [1.29, 1.82) is 0 Å². The number of aryl methyl sites for hydroxylation is 2. The van der Waals surface area contributed by atoms with Crippen LogP contribution in [-0.4, -0.2) is 9.97 Å². The molecule has 4 aromatic rings. The maximum atomic E-state index is 4.48. The molecule has 24 heavy (non-hydrogen) atoms. The third-order valence-corrected chi connectivity index (χ3v) is 6.42. The molecule has 4 rings (SSSR count). The highest BCUT2D eigenvalue weighted by atomic mass is 33.1. The number of hydrogen-bond acceptors (Lipinski definition) is 4. The maximum absolute atomic E-state index is 4.48. The molecule has 0 saturated heterocycles. The molecule has 0 saturated carbocycles. The summed E-state index contributed by atoms with van der Waals surface area (Å²) in [7, 11) is 3.55. The standard InChI is InChI=1S/C20H16N2S2/c1-13-3-5-15-17(11-13)21-9-7-19(15)23-24-20-8-10-22-18-12-14(2)4-6-16(18)20/h3-12H,1-2H3. The molecule has 0 bridgehead atoms. The topological polar surface area (TPSA) is 25.8 Å². The molecule has 2 heterocycles. The summed E-state index contributed by atoms with van der Waals surface area (Å²) in [5, 5.41) is 2.41. The van der Waals surface area contributed by atoms with E-state index in [4.69, 9.17) is 0 Å². The Labute approximate surface area is 149 Å². The Morgan fingerprint density at radius 2 is 1.08 bits per heavy atom. The molecule has 0 N–H and O–H groups in total. The maximum Gasteiger partial charge on any atom is 0.0716 e. The van der Waals surface area contributed by atoms with Gasteiger partial charge in [-0.15, -0.1) is 0 Å². The van der Waals surface area contributed by atoms with Crippen LogP contribution in [0.25, 0.3) is 21.8 Å². The summed E-state index contributed by atoms with van der Waals surface area (Å²) < 4.78 is 0. The second kappa shape index (κ2) is 6.46. The summed E-state index contributed by atoms with van der Waals surface area (Å²) in [6, 6.07) is 17.0. The van der Waals surface area contributed by atoms with Crippen LogP contribution in [0.15, 0.2) is 70.7 Å². The van der Waals surface area contributed by atoms with Crippen LogP contribution in [0.2, 0.25) is 0 Å². The van der Waals surface area contributed by atoms with Crippen LogP contribution in [0, 0.1) is 13.8 Å². The van der Waals surface area contributed by atoms with Gasteiger partial charge in [0.2, 0.25) is 0 Å². The number of rotatable bonds is 3. The Kier molecular flexibility index (Phi) is 4.17. The first kappa shape index (κ1) is 15.5. The molecule has 2 aromatic heterocycles. The Morgan fingerprint density at radius 3 is 1.54 bits per heavy atom. The molecule has 0 atom stereocenters. The monoisotopic (exact) mass is 348 g/mol. The molecule has 0 unspecified atom stereocenters. The molecular formula is C20H16N2S2. The summed E-state index contributed by atoms with van der Waals surface area (Å²) in [6.45, 7) is 4.20. The quantitative estimate of drug-likeness (QED) is 0.412. The zero-order chi connectivity index (χ0) is 16.5. The third-order valence-electron chi connectivity index (χ3n) is 3.94. The van der Waals surface area contributed by atoms with Crippen molar-refractivity contribution in [3.05, 3.63) is 72.1 Å². The van der Waals surface area contributed by atoms with Gasteiger partial charge in [-0.1, -0.05) is 45.9 Å². The van der Waals surface area contributed by atoms with Crippen molar-refractivity contribution in [3.8, 4) is 0 Å². The number of aromatic nitrogens is 2. The van der Waals surface area contributed by atoms with E-state index < -0.39 is 0 Å². The molecule has 0 radical (unpaired) electrons. The second-order valence-corrected chi connectivity index (χ2v) is 8.04. The van der Waals surface area contributed by atoms with Gasteiger partial charge in [-0.2, -0.15) is 0 Å². The fourth-order valence-electron chi connectivity index (χ4n) is 2.70. The van der Waals surface area contributed by atoms with Crippen LogP contribution in [-0.2, 0) is 0 Å². The first-order chi connectivity index (χ1) is 11.7. The number of fused-ring (bicyclic) bond motifs is 2. The van der Waals surface area contributed by atoms with Crippen LogP contribution in [0.5, 0.6) is 0 Å². The molecule has 4 heteroatoms. The van der Waals surface area contributed by atoms with E-state index in [1.807, 2.05) is 12.4 Å². The SMILES string of the molecule is Cc1ccc2c(SSc3ccnc4cc(C)ccc34)ccnc2c1. The average molecular weight is 348 g/mol. The number of nitrogens with zero attached hydrogens (tertiary/aromatic N) is 2. The van der Waals surface area contributed by atoms with Crippen molar-refractivity contribution in [3.63, 3.8) is 0 Å². The van der Waals surface area contributed by atoms with Crippen LogP contribution < -0.4 is 0 Å². The van der Waals surface area contributed by atoms with E-state index in [2.05, 4.69) is 72.3 Å². The van der Waals surface area contributed by atoms with Crippen LogP contribution >= 0.6 is 21.6 Å². The Hall–Kier alpha value is -2.04. The van der Waals surface area contributed by atoms with Crippen molar-refractivity contribution >= 4 is 43.4 Å². The molecule has 0 aliphatic rings. The van der Waals surface area contributed by atoms with Crippen molar-refractivity contribution in [1.82, 2.24) is 9.97 Å². The highest BCUT2D eigenvalue weighted by Gasteiger charge is 2.07. The van der Waals surface area contributed by atoms with E-state index in [-0.39, 0.29) is 0 Å². The van der Waals surface area contributed by atoms with Gasteiger partial charge in [0.1, 0.15) is 0 Å². The average Bonchev–Trinajstić information content (AvgIpc) is 2.59. The van der Waals surface area contributed by atoms with E-state index in [1.54, 1.807) is 21.6 Å². The molecular weight excluding hydrogens is 332 g/mol. The Morgan fingerprint density at radius 1 is 0.625 bits per heavy atom. The predicted octanol–water partition coefficient (Wildman–Crippen LogP) is 6.20. The third kappa shape index (κ3) is 2.99.